The molecule has 0 spiro atoms. The van der Waals surface area contributed by atoms with Gasteiger partial charge in [0.25, 0.3) is 11.8 Å². The molecule has 0 bridgehead atoms. The number of ether oxygens (including phenoxy) is 2. The lowest BCUT2D eigenvalue weighted by Crippen LogP contribution is -2.51. The van der Waals surface area contributed by atoms with E-state index in [2.05, 4.69) is 26.8 Å². The van der Waals surface area contributed by atoms with Gasteiger partial charge in [-0.2, -0.15) is 0 Å². The van der Waals surface area contributed by atoms with E-state index in [0.717, 1.165) is 0 Å². The zero-order valence-corrected chi connectivity index (χ0v) is 34.5. The Morgan fingerprint density at radius 3 is 1.45 bits per heavy atom. The second-order valence-electron chi connectivity index (χ2n) is 15.3. The molecule has 2 saturated heterocycles. The Bertz CT molecular complexity index is 2060. The summed E-state index contributed by atoms with van der Waals surface area (Å²) in [6.45, 7) is 14.4. The fourth-order valence-electron chi connectivity index (χ4n) is 5.43. The number of aliphatic carboxylic acids is 2. The molecule has 0 saturated carbocycles. The van der Waals surface area contributed by atoms with Crippen LogP contribution in [0.3, 0.4) is 0 Å². The van der Waals surface area contributed by atoms with E-state index in [1.807, 2.05) is 47.5 Å². The van der Waals surface area contributed by atoms with Crippen molar-refractivity contribution in [1.29, 1.82) is 0 Å². The summed E-state index contributed by atoms with van der Waals surface area (Å²) in [4.78, 5) is 78.9. The number of azide groups is 1. The molecule has 0 radical (unpaired) electrons. The van der Waals surface area contributed by atoms with Crippen LogP contribution in [0.25, 0.3) is 16.1 Å². The summed E-state index contributed by atoms with van der Waals surface area (Å²) in [6.07, 6.45) is 5.04. The van der Waals surface area contributed by atoms with Gasteiger partial charge in [-0.15, -0.1) is 11.5 Å². The molecule has 1 aromatic heterocycles. The molecule has 0 unspecified atom stereocenters. The van der Waals surface area contributed by atoms with Crippen LogP contribution in [-0.4, -0.2) is 144 Å². The Morgan fingerprint density at radius 1 is 0.710 bits per heavy atom. The number of amides is 4. The van der Waals surface area contributed by atoms with Gasteiger partial charge in [-0.1, -0.05) is 43.2 Å². The topological polar surface area (TPSA) is 254 Å². The molecule has 3 heterocycles. The van der Waals surface area contributed by atoms with Gasteiger partial charge in [-0.3, -0.25) is 19.2 Å². The van der Waals surface area contributed by atoms with Gasteiger partial charge < -0.3 is 39.3 Å². The lowest BCUT2D eigenvalue weighted by atomic mass is 10.1. The van der Waals surface area contributed by atoms with E-state index in [-0.39, 0.29) is 51.7 Å². The first kappa shape index (κ1) is 52.9. The quantitative estimate of drug-likeness (QED) is 0.115. The summed E-state index contributed by atoms with van der Waals surface area (Å²) in [6, 6.07) is 13.3. The molecule has 2 N–H and O–H groups in total. The summed E-state index contributed by atoms with van der Waals surface area (Å²) in [5.74, 6) is -0.177. The lowest BCUT2D eigenvalue weighted by Gasteiger charge is -2.35. The second kappa shape index (κ2) is 24.2. The maximum Gasteiger partial charge on any atom is 0.410 e. The van der Waals surface area contributed by atoms with E-state index in [1.165, 1.54) is 4.68 Å². The Kier molecular flexibility index (Phi) is 20.6. The normalized spacial score (nSPS) is 13.4. The van der Waals surface area contributed by atoms with Crippen molar-refractivity contribution in [2.45, 2.75) is 80.4 Å². The Morgan fingerprint density at radius 2 is 1.11 bits per heavy atom. The minimum absolute atomic E-state index is 0. The van der Waals surface area contributed by atoms with Crippen molar-refractivity contribution in [3.63, 3.8) is 0 Å². The van der Waals surface area contributed by atoms with Gasteiger partial charge in [0, 0.05) is 74.1 Å². The number of carbonyl (C=O) groups is 6. The van der Waals surface area contributed by atoms with Crippen molar-refractivity contribution in [1.82, 2.24) is 34.6 Å². The number of terminal acetylenes is 1. The molecular weight excluding hydrogens is 805 g/mol. The number of hydrogen-bond donors (Lipinski definition) is 2. The van der Waals surface area contributed by atoms with Gasteiger partial charge in [0.1, 0.15) is 17.6 Å². The van der Waals surface area contributed by atoms with Gasteiger partial charge >= 0.3 is 24.1 Å². The minimum Gasteiger partial charge on any atom is -0.481 e. The zero-order valence-electron chi connectivity index (χ0n) is 34.5. The average Bonchev–Trinajstić information content (AvgIpc) is 3.65. The van der Waals surface area contributed by atoms with Crippen LogP contribution in [0.2, 0.25) is 0 Å². The van der Waals surface area contributed by atoms with E-state index in [4.69, 9.17) is 25.2 Å². The number of rotatable bonds is 7. The number of piperazine rings is 2. The number of carboxylic acid groups (broad SMARTS) is 2. The predicted molar refractivity (Wildman–Crippen MR) is 230 cm³/mol. The van der Waals surface area contributed by atoms with Crippen LogP contribution in [0.15, 0.2) is 59.8 Å². The van der Waals surface area contributed by atoms with Crippen molar-refractivity contribution in [3.8, 4) is 18.0 Å². The number of benzene rings is 2. The predicted octanol–water partition coefficient (Wildman–Crippen LogP) is 6.28. The van der Waals surface area contributed by atoms with Crippen LogP contribution in [0.5, 0.6) is 0 Å². The molecule has 336 valence electrons. The van der Waals surface area contributed by atoms with Gasteiger partial charge in [0.2, 0.25) is 0 Å². The summed E-state index contributed by atoms with van der Waals surface area (Å²) in [7, 11) is 0. The first-order valence-electron chi connectivity index (χ1n) is 18.8. The third-order valence-electron chi connectivity index (χ3n) is 8.22. The lowest BCUT2D eigenvalue weighted by molar-refractivity contribution is -0.137. The molecule has 2 fully saturated rings. The van der Waals surface area contributed by atoms with Gasteiger partial charge in [-0.25, -0.2) is 14.3 Å². The number of hydrogen-bond acceptors (Lipinski definition) is 11. The van der Waals surface area contributed by atoms with E-state index < -0.39 is 23.1 Å². The SMILES string of the molecule is C.C.C#CCC(=O)O.CC(C)(C)OC(=O)N1CCN(C(=O)c2ccc(-n3cc(CC(=O)O)nn3)cc2)CC1.CC(C)(C)OC(=O)N1CCN(C(=O)c2ccc(N=[N+]=[N-])cc2)CC1. The van der Waals surface area contributed by atoms with E-state index >= 15 is 0 Å². The number of carboxylic acids is 2. The van der Waals surface area contributed by atoms with E-state index in [1.54, 1.807) is 74.3 Å². The van der Waals surface area contributed by atoms with E-state index in [9.17, 15) is 28.8 Å². The van der Waals surface area contributed by atoms with Gasteiger partial charge in [-0.05, 0) is 83.5 Å². The summed E-state index contributed by atoms with van der Waals surface area (Å²) < 4.78 is 12.2. The molecule has 62 heavy (non-hydrogen) atoms. The fraction of sp³-hybridized carbons (Fsp3) is 0.476. The maximum absolute atomic E-state index is 12.8. The Hall–Kier alpha value is -7.13. The van der Waals surface area contributed by atoms with Gasteiger partial charge in [0.15, 0.2) is 0 Å². The van der Waals surface area contributed by atoms with Crippen molar-refractivity contribution in [2.75, 3.05) is 52.4 Å². The standard InChI is InChI=1S/C20H25N5O5.C16H21N5O3.C4H4O2.2CH4/c1-20(2,3)30-19(29)24-10-8-23(9-11-24)18(28)14-4-6-16(7-5-14)25-13-15(21-22-25)12-17(26)27;1-16(2,3)24-15(23)21-10-8-20(9-11-21)14(22)12-4-6-13(7-5-12)18-19-17;1-2-3-4(5)6;;/h4-7,13H,8-12H2,1-3H3,(H,26,27);4-7H,8-11H2,1-3H3;1H,3H2,(H,5,6);2*1H4. The molecule has 2 aliphatic heterocycles. The molecule has 4 amide bonds. The Balaban J connectivity index is 0.000000542. The van der Waals surface area contributed by atoms with Crippen molar-refractivity contribution < 1.29 is 48.5 Å². The van der Waals surface area contributed by atoms with E-state index in [0.29, 0.717) is 80.6 Å². The van der Waals surface area contributed by atoms with Crippen LogP contribution < -0.4 is 0 Å². The molecule has 0 aliphatic carbocycles. The first-order valence-corrected chi connectivity index (χ1v) is 18.8. The highest BCUT2D eigenvalue weighted by molar-refractivity contribution is 5.95. The van der Waals surface area contributed by atoms with Crippen molar-refractivity contribution in [3.05, 3.63) is 82.0 Å². The van der Waals surface area contributed by atoms with Crippen molar-refractivity contribution in [2.24, 2.45) is 5.11 Å². The molecule has 20 nitrogen and oxygen atoms in total. The van der Waals surface area contributed by atoms with Crippen LogP contribution in [0.1, 0.15) is 89.2 Å². The van der Waals surface area contributed by atoms with Crippen LogP contribution in [0, 0.1) is 12.3 Å². The monoisotopic (exact) mass is 862 g/mol. The largest absolute Gasteiger partial charge is 0.481 e. The molecule has 20 heteroatoms. The summed E-state index contributed by atoms with van der Waals surface area (Å²) >= 11 is 0. The molecule has 2 aliphatic rings. The highest BCUT2D eigenvalue weighted by Crippen LogP contribution is 2.18. The van der Waals surface area contributed by atoms with Crippen LogP contribution in [0.4, 0.5) is 15.3 Å². The second-order valence-corrected chi connectivity index (χ2v) is 15.3. The fourth-order valence-corrected chi connectivity index (χ4v) is 5.43. The molecule has 2 aromatic carbocycles. The summed E-state index contributed by atoms with van der Waals surface area (Å²) in [5.41, 5.74) is 9.84. The smallest absolute Gasteiger partial charge is 0.410 e. The number of carbonyl (C=O) groups excluding carboxylic acids is 4. The van der Waals surface area contributed by atoms with Gasteiger partial charge in [0.05, 0.1) is 24.0 Å². The third-order valence-corrected chi connectivity index (χ3v) is 8.22. The van der Waals surface area contributed by atoms with Crippen LogP contribution in [-0.2, 0) is 25.5 Å². The maximum atomic E-state index is 12.8. The highest BCUT2D eigenvalue weighted by atomic mass is 16.6. The molecule has 5 rings (SSSR count). The zero-order chi connectivity index (χ0) is 44.6. The minimum atomic E-state index is -0.977. The highest BCUT2D eigenvalue weighted by Gasteiger charge is 2.29. The molecule has 3 aromatic rings. The molecular formula is C42H58N10O10. The first-order chi connectivity index (χ1) is 28.2. The average molecular weight is 863 g/mol. The Labute approximate surface area is 362 Å². The van der Waals surface area contributed by atoms with Crippen molar-refractivity contribution >= 4 is 41.6 Å². The number of aromatic nitrogens is 3. The van der Waals surface area contributed by atoms with Crippen LogP contribution >= 0.6 is 0 Å². The third kappa shape index (κ3) is 17.6. The summed E-state index contributed by atoms with van der Waals surface area (Å²) in [5, 5.41) is 27.8. The number of nitrogens with zero attached hydrogens (tertiary/aromatic N) is 10. The molecule has 0 atom stereocenters.